The molecule has 5 rings (SSSR count). The van der Waals surface area contributed by atoms with Crippen LogP contribution in [0.4, 0.5) is 5.69 Å². The van der Waals surface area contributed by atoms with E-state index in [1.54, 1.807) is 12.2 Å². The molecule has 1 aromatic rings. The maximum atomic E-state index is 13.5. The SMILES string of the molecule is CN(C)c1ccc2c(c1)OC(C(C)(C)C)=CC2=CC1=C(O)C(=Cc2cc(C(C)(C)C)oc3cc(=[N+](C)C)ccc2-3)C1=O. The first-order valence-corrected chi connectivity index (χ1v) is 14.3. The van der Waals surface area contributed by atoms with E-state index in [0.29, 0.717) is 11.1 Å². The summed E-state index contributed by atoms with van der Waals surface area (Å²) in [6, 6.07) is 14.0. The van der Waals surface area contributed by atoms with Gasteiger partial charge in [-0.05, 0) is 53.6 Å². The highest BCUT2D eigenvalue weighted by molar-refractivity contribution is 6.24. The molecule has 218 valence electrons. The van der Waals surface area contributed by atoms with Gasteiger partial charge >= 0.3 is 0 Å². The van der Waals surface area contributed by atoms with Gasteiger partial charge in [0.05, 0.1) is 17.2 Å². The first-order valence-electron chi connectivity index (χ1n) is 14.3. The second-order valence-corrected chi connectivity index (χ2v) is 13.6. The fraction of sp³-hybridized carbons (Fsp3) is 0.333. The lowest BCUT2D eigenvalue weighted by Crippen LogP contribution is -2.23. The van der Waals surface area contributed by atoms with E-state index in [1.807, 2.05) is 86.2 Å². The molecule has 0 unspecified atom stereocenters. The molecule has 2 aliphatic heterocycles. The van der Waals surface area contributed by atoms with Crippen molar-refractivity contribution in [1.29, 1.82) is 0 Å². The molecule has 4 aliphatic rings. The molecule has 42 heavy (non-hydrogen) atoms. The summed E-state index contributed by atoms with van der Waals surface area (Å²) >= 11 is 0. The molecule has 6 heteroatoms. The third-order valence-corrected chi connectivity index (χ3v) is 7.68. The van der Waals surface area contributed by atoms with E-state index < -0.39 is 0 Å². The third kappa shape index (κ3) is 5.34. The monoisotopic (exact) mass is 565 g/mol. The standard InChI is InChI=1S/C36H40N2O4/c1-35(2,3)31-17-21(25-13-11-23(37(7)8)19-29(25)41-31)15-27-33(39)28(34(27)40)16-22-18-32(36(4,5)6)42-30-20-24(38(9)10)12-14-26(22)30/h11-20H,1-10H3/p+1. The Morgan fingerprint density at radius 1 is 0.881 bits per heavy atom. The van der Waals surface area contributed by atoms with Crippen LogP contribution in [0.1, 0.15) is 58.4 Å². The maximum absolute atomic E-state index is 13.5. The minimum atomic E-state index is -0.243. The summed E-state index contributed by atoms with van der Waals surface area (Å²) in [5, 5.41) is 12.2. The van der Waals surface area contributed by atoms with Crippen molar-refractivity contribution in [1.82, 2.24) is 4.58 Å². The van der Waals surface area contributed by atoms with Crippen LogP contribution < -0.4 is 19.6 Å². The van der Waals surface area contributed by atoms with Crippen molar-refractivity contribution in [2.75, 3.05) is 33.1 Å². The Bertz CT molecular complexity index is 1780. The number of allylic oxidation sites excluding steroid dienone is 6. The van der Waals surface area contributed by atoms with Gasteiger partial charge in [0.2, 0.25) is 11.1 Å². The second kappa shape index (κ2) is 10.2. The van der Waals surface area contributed by atoms with Crippen molar-refractivity contribution in [2.45, 2.75) is 47.0 Å². The zero-order chi connectivity index (χ0) is 30.7. The number of hydrogen-bond acceptors (Lipinski definition) is 5. The number of aliphatic hydroxyl groups is 1. The number of Topliss-reactive ketones (excluding diaryl/α,β-unsaturated/α-hetero) is 1. The van der Waals surface area contributed by atoms with Crippen molar-refractivity contribution >= 4 is 23.1 Å². The highest BCUT2D eigenvalue weighted by Gasteiger charge is 2.34. The molecule has 0 aromatic heterocycles. The highest BCUT2D eigenvalue weighted by atomic mass is 16.5. The van der Waals surface area contributed by atoms with Crippen molar-refractivity contribution in [3.8, 4) is 17.1 Å². The summed E-state index contributed by atoms with van der Waals surface area (Å²) in [4.78, 5) is 15.5. The molecule has 0 radical (unpaired) electrons. The fourth-order valence-corrected chi connectivity index (χ4v) is 4.96. The van der Waals surface area contributed by atoms with Gasteiger partial charge in [-0.2, -0.15) is 0 Å². The number of fused-ring (bicyclic) bond motifs is 2. The summed E-state index contributed by atoms with van der Waals surface area (Å²) in [6.07, 6.45) is 5.52. The van der Waals surface area contributed by atoms with Gasteiger partial charge in [-0.1, -0.05) is 41.5 Å². The number of nitrogens with zero attached hydrogens (tertiary/aromatic N) is 2. The Morgan fingerprint density at radius 2 is 1.57 bits per heavy atom. The van der Waals surface area contributed by atoms with E-state index in [0.717, 1.165) is 56.3 Å². The molecular formula is C36H41N2O4+. The molecule has 2 heterocycles. The lowest BCUT2D eigenvalue weighted by Gasteiger charge is -2.30. The van der Waals surface area contributed by atoms with Gasteiger partial charge in [0.15, 0.2) is 0 Å². The first-order chi connectivity index (χ1) is 19.5. The predicted molar refractivity (Wildman–Crippen MR) is 171 cm³/mol. The molecule has 1 N–H and O–H groups in total. The molecule has 0 bridgehead atoms. The molecule has 0 atom stereocenters. The molecular weight excluding hydrogens is 524 g/mol. The Balaban J connectivity index is 1.63. The quantitative estimate of drug-likeness (QED) is 0.275. The summed E-state index contributed by atoms with van der Waals surface area (Å²) in [6.45, 7) is 12.5. The average Bonchev–Trinajstić information content (AvgIpc) is 2.92. The van der Waals surface area contributed by atoms with Crippen LogP contribution in [0.3, 0.4) is 0 Å². The topological polar surface area (TPSA) is 65.9 Å². The van der Waals surface area contributed by atoms with Gasteiger partial charge in [0, 0.05) is 53.9 Å². The van der Waals surface area contributed by atoms with Crippen molar-refractivity contribution < 1.29 is 19.1 Å². The van der Waals surface area contributed by atoms with Crippen molar-refractivity contribution in [3.63, 3.8) is 0 Å². The summed E-state index contributed by atoms with van der Waals surface area (Å²) in [5.41, 5.74) is 4.53. The zero-order valence-electron chi connectivity index (χ0n) is 26.3. The molecule has 1 aromatic carbocycles. The van der Waals surface area contributed by atoms with Crippen LogP contribution in [0.15, 0.2) is 81.7 Å². The number of benzene rings is 2. The first kappa shape index (κ1) is 29.2. The van der Waals surface area contributed by atoms with Gasteiger partial charge in [0.25, 0.3) is 0 Å². The van der Waals surface area contributed by atoms with Crippen LogP contribution in [-0.2, 0) is 10.2 Å². The van der Waals surface area contributed by atoms with Gasteiger partial charge in [0.1, 0.15) is 42.9 Å². The number of ether oxygens (including phenoxy) is 1. The average molecular weight is 566 g/mol. The Hall–Kier alpha value is -4.32. The number of carbonyl (C=O) groups is 1. The Labute approximate surface area is 248 Å². The van der Waals surface area contributed by atoms with Crippen molar-refractivity contribution in [2.24, 2.45) is 5.41 Å². The number of anilines is 1. The van der Waals surface area contributed by atoms with Crippen LogP contribution >= 0.6 is 0 Å². The molecule has 0 amide bonds. The van der Waals surface area contributed by atoms with E-state index in [4.69, 9.17) is 9.15 Å². The Morgan fingerprint density at radius 3 is 2.17 bits per heavy atom. The lowest BCUT2D eigenvalue weighted by atomic mass is 9.82. The predicted octanol–water partition coefficient (Wildman–Crippen LogP) is 6.96. The van der Waals surface area contributed by atoms with Crippen LogP contribution in [0.5, 0.6) is 5.75 Å². The Kier molecular flexibility index (Phi) is 7.08. The molecule has 2 aliphatic carbocycles. The van der Waals surface area contributed by atoms with Gasteiger partial charge in [-0.3, -0.25) is 4.79 Å². The summed E-state index contributed by atoms with van der Waals surface area (Å²) in [5.74, 6) is 2.85. The second-order valence-electron chi connectivity index (χ2n) is 13.6. The van der Waals surface area contributed by atoms with Crippen LogP contribution in [-0.4, -0.2) is 39.1 Å². The molecule has 0 fully saturated rings. The summed E-state index contributed by atoms with van der Waals surface area (Å²) in [7, 11) is 7.95. The van der Waals surface area contributed by atoms with Crippen LogP contribution in [0, 0.1) is 5.41 Å². The van der Waals surface area contributed by atoms with E-state index in [2.05, 4.69) is 41.5 Å². The van der Waals surface area contributed by atoms with E-state index >= 15 is 0 Å². The number of ketones is 1. The smallest absolute Gasteiger partial charge is 0.203 e. The molecule has 6 nitrogen and oxygen atoms in total. The van der Waals surface area contributed by atoms with E-state index in [-0.39, 0.29) is 22.4 Å². The van der Waals surface area contributed by atoms with Gasteiger partial charge < -0.3 is 19.2 Å². The molecule has 0 saturated carbocycles. The number of rotatable bonds is 3. The van der Waals surface area contributed by atoms with Crippen LogP contribution in [0.25, 0.3) is 23.0 Å². The lowest BCUT2D eigenvalue weighted by molar-refractivity contribution is -0.113. The molecule has 0 spiro atoms. The fourth-order valence-electron chi connectivity index (χ4n) is 4.96. The van der Waals surface area contributed by atoms with Crippen LogP contribution in [0.2, 0.25) is 0 Å². The number of hydrogen-bond donors (Lipinski definition) is 1. The molecule has 0 saturated heterocycles. The largest absolute Gasteiger partial charge is 0.506 e. The third-order valence-electron chi connectivity index (χ3n) is 7.68. The normalized spacial score (nSPS) is 17.3. The van der Waals surface area contributed by atoms with Gasteiger partial charge in [-0.25, -0.2) is 4.58 Å². The summed E-state index contributed by atoms with van der Waals surface area (Å²) < 4.78 is 14.7. The highest BCUT2D eigenvalue weighted by Crippen LogP contribution is 2.43. The van der Waals surface area contributed by atoms with Crippen molar-refractivity contribution in [3.05, 3.63) is 99.5 Å². The van der Waals surface area contributed by atoms with E-state index in [1.165, 1.54) is 0 Å². The maximum Gasteiger partial charge on any atom is 0.203 e. The van der Waals surface area contributed by atoms with Gasteiger partial charge in [-0.15, -0.1) is 0 Å². The van der Waals surface area contributed by atoms with E-state index in [9.17, 15) is 9.90 Å². The zero-order valence-corrected chi connectivity index (χ0v) is 26.3. The minimum absolute atomic E-state index is 0.00711. The number of aliphatic hydroxyl groups excluding tert-OH is 1. The minimum Gasteiger partial charge on any atom is -0.506 e. The number of carbonyl (C=O) groups excluding carboxylic acids is 1.